The summed E-state index contributed by atoms with van der Waals surface area (Å²) in [5.41, 5.74) is 4.67. The van der Waals surface area contributed by atoms with Crippen LogP contribution in [0.2, 0.25) is 0 Å². The fourth-order valence-corrected chi connectivity index (χ4v) is 1.90. The summed E-state index contributed by atoms with van der Waals surface area (Å²) in [4.78, 5) is 2.78. The predicted octanol–water partition coefficient (Wildman–Crippen LogP) is 4.37. The Labute approximate surface area is 104 Å². The molecular formula is C15H11Br. The highest BCUT2D eigenvalue weighted by molar-refractivity contribution is 9.12. The number of hydrogen-bond acceptors (Lipinski definition) is 0. The van der Waals surface area contributed by atoms with Gasteiger partial charge in [-0.1, -0.05) is 48.4 Å². The number of benzene rings is 2. The van der Waals surface area contributed by atoms with Gasteiger partial charge in [-0.3, -0.25) is 0 Å². The van der Waals surface area contributed by atoms with E-state index in [4.69, 9.17) is 0 Å². The third-order valence-electron chi connectivity index (χ3n) is 2.44. The average Bonchev–Trinajstić information content (AvgIpc) is 2.31. The Morgan fingerprint density at radius 2 is 1.75 bits per heavy atom. The molecule has 0 aliphatic carbocycles. The Kier molecular flexibility index (Phi) is 3.44. The molecule has 2 aromatic carbocycles. The highest BCUT2D eigenvalue weighted by Gasteiger charge is 2.02. The van der Waals surface area contributed by atoms with Crippen molar-refractivity contribution >= 4 is 15.9 Å². The minimum Gasteiger partial charge on any atom is -0.0622 e. The number of hydrogen-bond donors (Lipinski definition) is 0. The highest BCUT2D eigenvalue weighted by Crippen LogP contribution is 2.23. The summed E-state index contributed by atoms with van der Waals surface area (Å²) in [5.74, 6) is 3.08. The molecule has 2 rings (SSSR count). The van der Waals surface area contributed by atoms with E-state index in [1.807, 2.05) is 18.2 Å². The molecule has 1 heteroatoms. The second kappa shape index (κ2) is 5.01. The van der Waals surface area contributed by atoms with Gasteiger partial charge in [0, 0.05) is 21.5 Å². The van der Waals surface area contributed by atoms with E-state index >= 15 is 0 Å². The summed E-state index contributed by atoms with van der Waals surface area (Å²) in [6.45, 7) is 2.08. The van der Waals surface area contributed by atoms with Crippen LogP contribution in [0.25, 0.3) is 11.1 Å². The van der Waals surface area contributed by atoms with Crippen LogP contribution < -0.4 is 0 Å². The molecule has 0 aromatic heterocycles. The largest absolute Gasteiger partial charge is 0.0622 e. The zero-order chi connectivity index (χ0) is 11.4. The van der Waals surface area contributed by atoms with Gasteiger partial charge in [0.1, 0.15) is 0 Å². The summed E-state index contributed by atoms with van der Waals surface area (Å²) in [6, 6.07) is 16.7. The van der Waals surface area contributed by atoms with Crippen molar-refractivity contribution in [1.29, 1.82) is 0 Å². The van der Waals surface area contributed by atoms with E-state index in [1.165, 1.54) is 16.7 Å². The van der Waals surface area contributed by atoms with E-state index in [0.717, 1.165) is 5.56 Å². The summed E-state index contributed by atoms with van der Waals surface area (Å²) >= 11 is 3.16. The molecule has 0 aliphatic heterocycles. The topological polar surface area (TPSA) is 0 Å². The van der Waals surface area contributed by atoms with Crippen LogP contribution in [0.3, 0.4) is 0 Å². The third kappa shape index (κ3) is 2.35. The molecule has 0 nitrogen and oxygen atoms in total. The smallest absolute Gasteiger partial charge is 0.0335 e. The van der Waals surface area contributed by atoms with E-state index in [0.29, 0.717) is 0 Å². The molecule has 0 saturated carbocycles. The lowest BCUT2D eigenvalue weighted by Crippen LogP contribution is -1.85. The van der Waals surface area contributed by atoms with Gasteiger partial charge in [0.25, 0.3) is 0 Å². The second-order valence-corrected chi connectivity index (χ2v) is 4.03. The number of halogens is 1. The molecule has 78 valence electrons. The first-order chi connectivity index (χ1) is 7.81. The summed E-state index contributed by atoms with van der Waals surface area (Å²) in [7, 11) is 0. The zero-order valence-electron chi connectivity index (χ0n) is 9.00. The van der Waals surface area contributed by atoms with Crippen molar-refractivity contribution in [2.75, 3.05) is 0 Å². The molecule has 16 heavy (non-hydrogen) atoms. The van der Waals surface area contributed by atoms with Crippen LogP contribution in [0.1, 0.15) is 11.1 Å². The maximum Gasteiger partial charge on any atom is 0.0335 e. The molecular weight excluding hydrogens is 260 g/mol. The molecule has 0 heterocycles. The molecule has 0 saturated heterocycles. The van der Waals surface area contributed by atoms with Gasteiger partial charge in [0.2, 0.25) is 0 Å². The molecule has 2 aromatic rings. The Hall–Kier alpha value is -1.52. The monoisotopic (exact) mass is 270 g/mol. The van der Waals surface area contributed by atoms with Gasteiger partial charge in [-0.2, -0.15) is 0 Å². The summed E-state index contributed by atoms with van der Waals surface area (Å²) in [6.07, 6.45) is 0. The van der Waals surface area contributed by atoms with E-state index in [2.05, 4.69) is 63.9 Å². The normalized spacial score (nSPS) is 9.38. The minimum atomic E-state index is 1.06. The van der Waals surface area contributed by atoms with Crippen LogP contribution in [0, 0.1) is 17.7 Å². The lowest BCUT2D eigenvalue weighted by atomic mass is 9.98. The van der Waals surface area contributed by atoms with Crippen LogP contribution in [0.15, 0.2) is 48.5 Å². The lowest BCUT2D eigenvalue weighted by molar-refractivity contribution is 1.45. The van der Waals surface area contributed by atoms with Gasteiger partial charge >= 0.3 is 0 Å². The second-order valence-electron chi connectivity index (χ2n) is 3.63. The zero-order valence-corrected chi connectivity index (χ0v) is 10.6. The predicted molar refractivity (Wildman–Crippen MR) is 72.4 cm³/mol. The van der Waals surface area contributed by atoms with Crippen LogP contribution in [0.4, 0.5) is 0 Å². The minimum absolute atomic E-state index is 1.06. The van der Waals surface area contributed by atoms with Gasteiger partial charge in [-0.15, -0.1) is 0 Å². The maximum absolute atomic E-state index is 3.16. The van der Waals surface area contributed by atoms with Crippen molar-refractivity contribution in [2.45, 2.75) is 6.92 Å². The van der Waals surface area contributed by atoms with Crippen LogP contribution >= 0.6 is 15.9 Å². The average molecular weight is 271 g/mol. The summed E-state index contributed by atoms with van der Waals surface area (Å²) in [5, 5.41) is 0. The van der Waals surface area contributed by atoms with Crippen LogP contribution in [-0.2, 0) is 0 Å². The molecule has 0 bridgehead atoms. The fourth-order valence-electron chi connectivity index (χ4n) is 1.68. The fraction of sp³-hybridized carbons (Fsp3) is 0.0667. The van der Waals surface area contributed by atoms with Gasteiger partial charge in [-0.25, -0.2) is 0 Å². The molecule has 0 radical (unpaired) electrons. The van der Waals surface area contributed by atoms with Crippen LogP contribution in [0.5, 0.6) is 0 Å². The Morgan fingerprint density at radius 1 is 1.00 bits per heavy atom. The maximum atomic E-state index is 3.16. The third-order valence-corrected chi connectivity index (χ3v) is 2.64. The standard InChI is InChI=1S/C15H11Br/c1-12-7-8-15(14(11-12)9-10-16)13-5-3-2-4-6-13/h2-8,11H,1H3. The van der Waals surface area contributed by atoms with Crippen molar-refractivity contribution in [3.63, 3.8) is 0 Å². The van der Waals surface area contributed by atoms with Crippen molar-refractivity contribution in [1.82, 2.24) is 0 Å². The molecule has 0 amide bonds. The summed E-state index contributed by atoms with van der Waals surface area (Å²) < 4.78 is 0. The lowest BCUT2D eigenvalue weighted by Gasteiger charge is -2.05. The van der Waals surface area contributed by atoms with Crippen molar-refractivity contribution in [3.8, 4) is 21.9 Å². The van der Waals surface area contributed by atoms with Crippen molar-refractivity contribution in [3.05, 3.63) is 59.7 Å². The Morgan fingerprint density at radius 3 is 2.44 bits per heavy atom. The number of aryl methyl sites for hydroxylation is 1. The van der Waals surface area contributed by atoms with Gasteiger partial charge < -0.3 is 0 Å². The first-order valence-corrected chi connectivity index (χ1v) is 5.88. The Balaban J connectivity index is 2.59. The van der Waals surface area contributed by atoms with Gasteiger partial charge in [0.15, 0.2) is 0 Å². The molecule has 0 unspecified atom stereocenters. The number of rotatable bonds is 1. The molecule has 0 N–H and O–H groups in total. The van der Waals surface area contributed by atoms with Gasteiger partial charge in [0.05, 0.1) is 0 Å². The SMILES string of the molecule is Cc1ccc(-c2ccccc2)c(C#CBr)c1. The van der Waals surface area contributed by atoms with Crippen LogP contribution in [-0.4, -0.2) is 0 Å². The molecule has 0 atom stereocenters. The first kappa shape index (κ1) is 11.0. The van der Waals surface area contributed by atoms with Crippen molar-refractivity contribution < 1.29 is 0 Å². The molecule has 0 spiro atoms. The first-order valence-electron chi connectivity index (χ1n) is 5.09. The quantitative estimate of drug-likeness (QED) is 0.676. The van der Waals surface area contributed by atoms with Crippen molar-refractivity contribution in [2.24, 2.45) is 0 Å². The van der Waals surface area contributed by atoms with E-state index in [1.54, 1.807) is 0 Å². The highest BCUT2D eigenvalue weighted by atomic mass is 79.9. The Bertz CT molecular complexity index is 545. The van der Waals surface area contributed by atoms with E-state index in [9.17, 15) is 0 Å². The molecule has 0 aliphatic rings. The van der Waals surface area contributed by atoms with Gasteiger partial charge in [-0.05, 0) is 34.5 Å². The van der Waals surface area contributed by atoms with E-state index in [-0.39, 0.29) is 0 Å². The van der Waals surface area contributed by atoms with E-state index < -0.39 is 0 Å². The molecule has 0 fully saturated rings.